The average Bonchev–Trinajstić information content (AvgIpc) is 2.75. The van der Waals surface area contributed by atoms with Crippen molar-refractivity contribution in [1.29, 1.82) is 5.26 Å². The number of hydrogen-bond donors (Lipinski definition) is 0. The molecule has 1 aromatic heterocycles. The minimum Gasteiger partial charge on any atom is -0.198 e. The molecule has 0 radical (unpaired) electrons. The second kappa shape index (κ2) is 5.03. The van der Waals surface area contributed by atoms with Gasteiger partial charge in [-0.2, -0.15) is 10.1 Å². The molecular weight excluding hydrogens is 317 g/mol. The zero-order chi connectivity index (χ0) is 11.4. The van der Waals surface area contributed by atoms with Crippen molar-refractivity contribution < 1.29 is 0 Å². The van der Waals surface area contributed by atoms with Crippen molar-refractivity contribution in [2.45, 2.75) is 13.0 Å². The molecule has 0 unspecified atom stereocenters. The second-order valence-corrected chi connectivity index (χ2v) is 4.26. The van der Waals surface area contributed by atoms with Crippen LogP contribution in [0.15, 0.2) is 24.3 Å². The summed E-state index contributed by atoms with van der Waals surface area (Å²) in [5, 5.41) is 20.5. The minimum atomic E-state index is 0.391. The Morgan fingerprint density at radius 1 is 1.38 bits per heavy atom. The Labute approximate surface area is 106 Å². The number of aromatic nitrogens is 4. The molecule has 0 fully saturated rings. The molecule has 0 aliphatic rings. The van der Waals surface area contributed by atoms with Crippen LogP contribution < -0.4 is 0 Å². The number of aryl methyl sites for hydroxylation is 1. The van der Waals surface area contributed by atoms with E-state index in [1.807, 2.05) is 30.3 Å². The SMILES string of the molecule is N#CCCn1nnc(-c2ccccc2I)n1. The van der Waals surface area contributed by atoms with Gasteiger partial charge in [-0.25, -0.2) is 0 Å². The third-order valence-corrected chi connectivity index (χ3v) is 2.93. The Kier molecular flexibility index (Phi) is 3.46. The molecule has 0 bridgehead atoms. The summed E-state index contributed by atoms with van der Waals surface area (Å²) in [4.78, 5) is 1.45. The average molecular weight is 325 g/mol. The lowest BCUT2D eigenvalue weighted by Crippen LogP contribution is -2.01. The molecule has 1 heterocycles. The number of tetrazole rings is 1. The van der Waals surface area contributed by atoms with Gasteiger partial charge in [0.2, 0.25) is 5.82 Å². The van der Waals surface area contributed by atoms with Crippen molar-refractivity contribution in [2.24, 2.45) is 0 Å². The number of nitriles is 1. The maximum atomic E-state index is 8.46. The summed E-state index contributed by atoms with van der Waals surface area (Å²) in [6.45, 7) is 0.479. The summed E-state index contributed by atoms with van der Waals surface area (Å²) in [6.07, 6.45) is 0.391. The van der Waals surface area contributed by atoms with Gasteiger partial charge < -0.3 is 0 Å². The van der Waals surface area contributed by atoms with Crippen molar-refractivity contribution >= 4 is 22.6 Å². The first-order valence-corrected chi connectivity index (χ1v) is 5.79. The zero-order valence-electron chi connectivity index (χ0n) is 8.34. The van der Waals surface area contributed by atoms with Gasteiger partial charge in [0.05, 0.1) is 19.0 Å². The monoisotopic (exact) mass is 325 g/mol. The van der Waals surface area contributed by atoms with E-state index in [-0.39, 0.29) is 0 Å². The van der Waals surface area contributed by atoms with Crippen LogP contribution in [-0.2, 0) is 6.54 Å². The largest absolute Gasteiger partial charge is 0.205 e. The first-order valence-electron chi connectivity index (χ1n) is 4.71. The van der Waals surface area contributed by atoms with Gasteiger partial charge in [0.15, 0.2) is 0 Å². The van der Waals surface area contributed by atoms with E-state index in [0.717, 1.165) is 9.13 Å². The Balaban J connectivity index is 2.26. The van der Waals surface area contributed by atoms with Crippen LogP contribution in [0, 0.1) is 14.9 Å². The van der Waals surface area contributed by atoms with Crippen molar-refractivity contribution in [3.8, 4) is 17.5 Å². The Morgan fingerprint density at radius 3 is 2.94 bits per heavy atom. The molecule has 6 heteroatoms. The molecule has 0 aliphatic heterocycles. The molecule has 1 aromatic carbocycles. The van der Waals surface area contributed by atoms with Crippen molar-refractivity contribution in [3.05, 3.63) is 27.8 Å². The highest BCUT2D eigenvalue weighted by atomic mass is 127. The van der Waals surface area contributed by atoms with Gasteiger partial charge in [0.25, 0.3) is 0 Å². The Morgan fingerprint density at radius 2 is 2.19 bits per heavy atom. The van der Waals surface area contributed by atoms with E-state index in [4.69, 9.17) is 5.26 Å². The fourth-order valence-corrected chi connectivity index (χ4v) is 1.87. The van der Waals surface area contributed by atoms with Crippen LogP contribution in [0.3, 0.4) is 0 Å². The number of halogens is 1. The lowest BCUT2D eigenvalue weighted by Gasteiger charge is -1.96. The first kappa shape index (κ1) is 11.0. The minimum absolute atomic E-state index is 0.391. The number of benzene rings is 1. The van der Waals surface area contributed by atoms with Gasteiger partial charge in [-0.05, 0) is 39.9 Å². The van der Waals surface area contributed by atoms with E-state index in [2.05, 4.69) is 38.0 Å². The fourth-order valence-electron chi connectivity index (χ4n) is 1.24. The fraction of sp³-hybridized carbons (Fsp3) is 0.200. The lowest BCUT2D eigenvalue weighted by atomic mass is 10.2. The van der Waals surface area contributed by atoms with Gasteiger partial charge >= 0.3 is 0 Å². The van der Waals surface area contributed by atoms with Gasteiger partial charge in [0, 0.05) is 9.13 Å². The van der Waals surface area contributed by atoms with Crippen molar-refractivity contribution in [2.75, 3.05) is 0 Å². The van der Waals surface area contributed by atoms with E-state index in [1.54, 1.807) is 0 Å². The number of hydrogen-bond acceptors (Lipinski definition) is 4. The highest BCUT2D eigenvalue weighted by molar-refractivity contribution is 14.1. The molecule has 0 atom stereocenters. The summed E-state index contributed by atoms with van der Waals surface area (Å²) < 4.78 is 1.08. The molecule has 0 spiro atoms. The molecule has 0 saturated heterocycles. The maximum absolute atomic E-state index is 8.46. The third-order valence-electron chi connectivity index (χ3n) is 1.99. The quantitative estimate of drug-likeness (QED) is 0.808. The summed E-state index contributed by atoms with van der Waals surface area (Å²) >= 11 is 2.23. The molecule has 0 amide bonds. The van der Waals surface area contributed by atoms with Crippen LogP contribution in [0.5, 0.6) is 0 Å². The predicted molar refractivity (Wildman–Crippen MR) is 66.2 cm³/mol. The highest BCUT2D eigenvalue weighted by Crippen LogP contribution is 2.20. The topological polar surface area (TPSA) is 67.4 Å². The van der Waals surface area contributed by atoms with E-state index < -0.39 is 0 Å². The maximum Gasteiger partial charge on any atom is 0.205 e. The van der Waals surface area contributed by atoms with Gasteiger partial charge in [-0.15, -0.1) is 10.2 Å². The van der Waals surface area contributed by atoms with Crippen LogP contribution in [0.2, 0.25) is 0 Å². The summed E-state index contributed by atoms with van der Waals surface area (Å²) in [7, 11) is 0. The Bertz CT molecular complexity index is 528. The van der Waals surface area contributed by atoms with E-state index in [9.17, 15) is 0 Å². The second-order valence-electron chi connectivity index (χ2n) is 3.10. The molecule has 0 saturated carbocycles. The van der Waals surface area contributed by atoms with Gasteiger partial charge in [-0.1, -0.05) is 12.1 Å². The standard InChI is InChI=1S/C10H8IN5/c11-9-5-2-1-4-8(9)10-13-15-16(14-10)7-3-6-12/h1-2,4-5H,3,7H2. The number of rotatable bonds is 3. The summed E-state index contributed by atoms with van der Waals surface area (Å²) in [5.74, 6) is 0.600. The third kappa shape index (κ3) is 2.36. The summed E-state index contributed by atoms with van der Waals surface area (Å²) in [5.41, 5.74) is 0.964. The van der Waals surface area contributed by atoms with Gasteiger partial charge in [0.1, 0.15) is 0 Å². The molecule has 16 heavy (non-hydrogen) atoms. The molecule has 2 aromatic rings. The predicted octanol–water partition coefficient (Wildman–Crippen LogP) is 1.86. The van der Waals surface area contributed by atoms with Gasteiger partial charge in [-0.3, -0.25) is 0 Å². The smallest absolute Gasteiger partial charge is 0.198 e. The van der Waals surface area contributed by atoms with Crippen molar-refractivity contribution in [1.82, 2.24) is 20.2 Å². The van der Waals surface area contributed by atoms with Crippen LogP contribution in [-0.4, -0.2) is 20.2 Å². The molecule has 80 valence electrons. The van der Waals surface area contributed by atoms with E-state index in [1.165, 1.54) is 4.80 Å². The van der Waals surface area contributed by atoms with Crippen LogP contribution in [0.1, 0.15) is 6.42 Å². The highest BCUT2D eigenvalue weighted by Gasteiger charge is 2.08. The molecule has 0 aliphatic carbocycles. The summed E-state index contributed by atoms with van der Waals surface area (Å²) in [6, 6.07) is 9.89. The Hall–Kier alpha value is -1.49. The normalized spacial score (nSPS) is 10.0. The zero-order valence-corrected chi connectivity index (χ0v) is 10.5. The molecule has 5 nitrogen and oxygen atoms in total. The van der Waals surface area contributed by atoms with Crippen LogP contribution in [0.25, 0.3) is 11.4 Å². The number of nitrogens with zero attached hydrogens (tertiary/aromatic N) is 5. The molecular formula is C10H8IN5. The van der Waals surface area contributed by atoms with Crippen molar-refractivity contribution in [3.63, 3.8) is 0 Å². The lowest BCUT2D eigenvalue weighted by molar-refractivity contribution is 0.531. The first-order chi connectivity index (χ1) is 7.81. The van der Waals surface area contributed by atoms with Crippen LogP contribution >= 0.6 is 22.6 Å². The van der Waals surface area contributed by atoms with E-state index >= 15 is 0 Å². The van der Waals surface area contributed by atoms with E-state index in [0.29, 0.717) is 18.8 Å². The molecule has 2 rings (SSSR count). The van der Waals surface area contributed by atoms with Crippen LogP contribution in [0.4, 0.5) is 0 Å². The molecule has 0 N–H and O–H groups in total.